The first-order chi connectivity index (χ1) is 8.65. The van der Waals surface area contributed by atoms with Crippen molar-refractivity contribution >= 4 is 0 Å². The predicted octanol–water partition coefficient (Wildman–Crippen LogP) is 3.06. The van der Waals surface area contributed by atoms with Gasteiger partial charge in [-0.05, 0) is 41.7 Å². The minimum atomic E-state index is 0.324. The normalized spacial score (nSPS) is 17.1. The summed E-state index contributed by atoms with van der Waals surface area (Å²) in [5, 5.41) is 12.5. The lowest BCUT2D eigenvalue weighted by Crippen LogP contribution is -2.24. The van der Waals surface area contributed by atoms with Gasteiger partial charge in [0.1, 0.15) is 0 Å². The van der Waals surface area contributed by atoms with E-state index in [-0.39, 0.29) is 0 Å². The van der Waals surface area contributed by atoms with Crippen molar-refractivity contribution in [3.05, 3.63) is 35.4 Å². The fourth-order valence-electron chi connectivity index (χ4n) is 2.42. The van der Waals surface area contributed by atoms with Gasteiger partial charge in [-0.1, -0.05) is 38.1 Å². The van der Waals surface area contributed by atoms with Crippen molar-refractivity contribution in [2.45, 2.75) is 45.6 Å². The van der Waals surface area contributed by atoms with E-state index in [1.807, 2.05) is 0 Å². The minimum Gasteiger partial charge on any atom is -0.396 e. The van der Waals surface area contributed by atoms with Gasteiger partial charge in [0.2, 0.25) is 0 Å². The first-order valence-electron chi connectivity index (χ1n) is 7.06. The van der Waals surface area contributed by atoms with Crippen LogP contribution in [0.1, 0.15) is 50.2 Å². The van der Waals surface area contributed by atoms with E-state index in [0.29, 0.717) is 17.9 Å². The van der Waals surface area contributed by atoms with Crippen molar-refractivity contribution in [2.24, 2.45) is 5.41 Å². The zero-order chi connectivity index (χ0) is 13.0. The molecule has 1 aliphatic rings. The molecular formula is C16H25NO. The smallest absolute Gasteiger partial charge is 0.0436 e. The summed E-state index contributed by atoms with van der Waals surface area (Å²) in [4.78, 5) is 0. The molecule has 1 fully saturated rings. The van der Waals surface area contributed by atoms with Crippen molar-refractivity contribution in [1.29, 1.82) is 0 Å². The minimum absolute atomic E-state index is 0.324. The Morgan fingerprint density at radius 2 is 1.89 bits per heavy atom. The zero-order valence-corrected chi connectivity index (χ0v) is 11.6. The van der Waals surface area contributed by atoms with Gasteiger partial charge in [-0.3, -0.25) is 0 Å². The molecule has 0 aliphatic heterocycles. The Kier molecular flexibility index (Phi) is 4.41. The second kappa shape index (κ2) is 5.85. The summed E-state index contributed by atoms with van der Waals surface area (Å²) in [6, 6.07) is 8.88. The van der Waals surface area contributed by atoms with Crippen molar-refractivity contribution < 1.29 is 5.11 Å². The maximum absolute atomic E-state index is 9.01. The molecule has 2 N–H and O–H groups in total. The molecule has 2 rings (SSSR count). The van der Waals surface area contributed by atoms with E-state index in [0.717, 1.165) is 19.5 Å². The standard InChI is InChI=1S/C16H25NO/c1-13(2)15-5-3-14(4-6-15)11-17-12-16(7-8-16)9-10-18/h3-6,13,17-18H,7-12H2,1-2H3. The van der Waals surface area contributed by atoms with Crippen LogP contribution in [0.3, 0.4) is 0 Å². The fourth-order valence-corrected chi connectivity index (χ4v) is 2.42. The Bertz CT molecular complexity index is 365. The largest absolute Gasteiger partial charge is 0.396 e. The summed E-state index contributed by atoms with van der Waals surface area (Å²) in [6.07, 6.45) is 3.49. The Labute approximate surface area is 110 Å². The molecule has 18 heavy (non-hydrogen) atoms. The van der Waals surface area contributed by atoms with Gasteiger partial charge in [-0.15, -0.1) is 0 Å². The summed E-state index contributed by atoms with van der Waals surface area (Å²) >= 11 is 0. The molecule has 0 amide bonds. The number of benzene rings is 1. The Balaban J connectivity index is 1.77. The first kappa shape index (κ1) is 13.6. The third-order valence-electron chi connectivity index (χ3n) is 4.07. The van der Waals surface area contributed by atoms with Crippen molar-refractivity contribution in [3.63, 3.8) is 0 Å². The third-order valence-corrected chi connectivity index (χ3v) is 4.07. The second-order valence-corrected chi connectivity index (χ2v) is 5.97. The molecule has 1 aliphatic carbocycles. The van der Waals surface area contributed by atoms with Crippen LogP contribution in [0.15, 0.2) is 24.3 Å². The molecule has 0 radical (unpaired) electrons. The molecule has 0 unspecified atom stereocenters. The van der Waals surface area contributed by atoms with Gasteiger partial charge in [0, 0.05) is 19.7 Å². The predicted molar refractivity (Wildman–Crippen MR) is 75.6 cm³/mol. The maximum Gasteiger partial charge on any atom is 0.0436 e. The summed E-state index contributed by atoms with van der Waals surface area (Å²) in [7, 11) is 0. The summed E-state index contributed by atoms with van der Waals surface area (Å²) in [6.45, 7) is 6.74. The Morgan fingerprint density at radius 3 is 2.39 bits per heavy atom. The lowest BCUT2D eigenvalue weighted by atomic mass is 10.0. The van der Waals surface area contributed by atoms with Gasteiger partial charge in [0.05, 0.1) is 0 Å². The fraction of sp³-hybridized carbons (Fsp3) is 0.625. The van der Waals surface area contributed by atoms with Gasteiger partial charge in [-0.25, -0.2) is 0 Å². The molecule has 0 bridgehead atoms. The van der Waals surface area contributed by atoms with Crippen molar-refractivity contribution in [3.8, 4) is 0 Å². The Morgan fingerprint density at radius 1 is 1.22 bits per heavy atom. The molecule has 1 aromatic rings. The molecule has 2 nitrogen and oxygen atoms in total. The van der Waals surface area contributed by atoms with E-state index >= 15 is 0 Å². The van der Waals surface area contributed by atoms with E-state index in [1.165, 1.54) is 24.0 Å². The molecule has 2 heteroatoms. The monoisotopic (exact) mass is 247 g/mol. The van der Waals surface area contributed by atoms with Crippen molar-refractivity contribution in [2.75, 3.05) is 13.2 Å². The number of rotatable bonds is 7. The molecule has 1 aromatic carbocycles. The van der Waals surface area contributed by atoms with E-state index < -0.39 is 0 Å². The highest BCUT2D eigenvalue weighted by Crippen LogP contribution is 2.47. The topological polar surface area (TPSA) is 32.3 Å². The first-order valence-corrected chi connectivity index (χ1v) is 7.06. The average Bonchev–Trinajstić information content (AvgIpc) is 3.10. The number of hydrogen-bond donors (Lipinski definition) is 2. The van der Waals surface area contributed by atoms with Crippen LogP contribution < -0.4 is 5.32 Å². The molecular weight excluding hydrogens is 222 g/mol. The molecule has 0 aromatic heterocycles. The number of hydrogen-bond acceptors (Lipinski definition) is 2. The maximum atomic E-state index is 9.01. The number of aliphatic hydroxyl groups excluding tert-OH is 1. The van der Waals surface area contributed by atoms with Crippen LogP contribution >= 0.6 is 0 Å². The molecule has 1 saturated carbocycles. The second-order valence-electron chi connectivity index (χ2n) is 5.97. The average molecular weight is 247 g/mol. The highest BCUT2D eigenvalue weighted by Gasteiger charge is 2.41. The molecule has 0 heterocycles. The van der Waals surface area contributed by atoms with Gasteiger partial charge in [-0.2, -0.15) is 0 Å². The molecule has 0 saturated heterocycles. The highest BCUT2D eigenvalue weighted by molar-refractivity contribution is 5.24. The SMILES string of the molecule is CC(C)c1ccc(CNCC2(CCO)CC2)cc1. The van der Waals surface area contributed by atoms with E-state index in [4.69, 9.17) is 5.11 Å². The lowest BCUT2D eigenvalue weighted by Gasteiger charge is -2.14. The van der Waals surface area contributed by atoms with Crippen LogP contribution in [-0.2, 0) is 6.54 Å². The van der Waals surface area contributed by atoms with E-state index in [9.17, 15) is 0 Å². The van der Waals surface area contributed by atoms with Gasteiger partial charge in [0.25, 0.3) is 0 Å². The summed E-state index contributed by atoms with van der Waals surface area (Å²) < 4.78 is 0. The Hall–Kier alpha value is -0.860. The van der Waals surface area contributed by atoms with Crippen LogP contribution in [0.2, 0.25) is 0 Å². The van der Waals surface area contributed by atoms with Crippen LogP contribution in [0, 0.1) is 5.41 Å². The number of nitrogens with one attached hydrogen (secondary N) is 1. The molecule has 0 atom stereocenters. The van der Waals surface area contributed by atoms with Crippen LogP contribution in [0.5, 0.6) is 0 Å². The van der Waals surface area contributed by atoms with Gasteiger partial charge >= 0.3 is 0 Å². The third kappa shape index (κ3) is 3.56. The van der Waals surface area contributed by atoms with Gasteiger partial charge in [0.15, 0.2) is 0 Å². The molecule has 0 spiro atoms. The van der Waals surface area contributed by atoms with Crippen LogP contribution in [0.4, 0.5) is 0 Å². The lowest BCUT2D eigenvalue weighted by molar-refractivity contribution is 0.245. The van der Waals surface area contributed by atoms with Crippen LogP contribution in [0.25, 0.3) is 0 Å². The van der Waals surface area contributed by atoms with E-state index in [2.05, 4.69) is 43.4 Å². The van der Waals surface area contributed by atoms with E-state index in [1.54, 1.807) is 0 Å². The van der Waals surface area contributed by atoms with Crippen LogP contribution in [-0.4, -0.2) is 18.3 Å². The van der Waals surface area contributed by atoms with Gasteiger partial charge < -0.3 is 10.4 Å². The zero-order valence-electron chi connectivity index (χ0n) is 11.6. The summed E-state index contributed by atoms with van der Waals surface area (Å²) in [5.74, 6) is 0.603. The van der Waals surface area contributed by atoms with Crippen molar-refractivity contribution in [1.82, 2.24) is 5.32 Å². The number of aliphatic hydroxyl groups is 1. The highest BCUT2D eigenvalue weighted by atomic mass is 16.3. The molecule has 100 valence electrons. The summed E-state index contributed by atoms with van der Waals surface area (Å²) in [5.41, 5.74) is 3.16. The quantitative estimate of drug-likeness (QED) is 0.776.